The SMILES string of the molecule is CSCNC(=O)c1ccc(COO)cc1. The summed E-state index contributed by atoms with van der Waals surface area (Å²) < 4.78 is 0. The summed E-state index contributed by atoms with van der Waals surface area (Å²) in [6.45, 7) is 0.132. The molecule has 0 fully saturated rings. The van der Waals surface area contributed by atoms with Crippen LogP contribution in [0, 0.1) is 0 Å². The standard InChI is InChI=1S/C10H13NO3S/c1-15-7-11-10(12)9-4-2-8(3-5-9)6-14-13/h2-5,13H,6-7H2,1H3,(H,11,12). The molecule has 15 heavy (non-hydrogen) atoms. The Hall–Kier alpha value is -1.04. The molecule has 2 N–H and O–H groups in total. The molecule has 0 aromatic heterocycles. The lowest BCUT2D eigenvalue weighted by Gasteiger charge is -2.04. The molecule has 0 atom stereocenters. The van der Waals surface area contributed by atoms with Crippen molar-refractivity contribution in [2.45, 2.75) is 6.61 Å². The fraction of sp³-hybridized carbons (Fsp3) is 0.300. The van der Waals surface area contributed by atoms with E-state index >= 15 is 0 Å². The summed E-state index contributed by atoms with van der Waals surface area (Å²) in [6, 6.07) is 6.88. The van der Waals surface area contributed by atoms with Gasteiger partial charge in [0.15, 0.2) is 0 Å². The summed E-state index contributed by atoms with van der Waals surface area (Å²) in [7, 11) is 0. The minimum absolute atomic E-state index is 0.0965. The molecule has 0 unspecified atom stereocenters. The summed E-state index contributed by atoms with van der Waals surface area (Å²) in [5.74, 6) is 0.501. The highest BCUT2D eigenvalue weighted by molar-refractivity contribution is 7.98. The molecule has 0 radical (unpaired) electrons. The van der Waals surface area contributed by atoms with Gasteiger partial charge in [-0.3, -0.25) is 10.1 Å². The van der Waals surface area contributed by atoms with E-state index in [0.29, 0.717) is 11.4 Å². The molecule has 82 valence electrons. The van der Waals surface area contributed by atoms with Gasteiger partial charge in [0, 0.05) is 5.56 Å². The average molecular weight is 227 g/mol. The molecule has 0 saturated carbocycles. The van der Waals surface area contributed by atoms with Crippen LogP contribution in [0.25, 0.3) is 0 Å². The van der Waals surface area contributed by atoms with Crippen LogP contribution in [0.15, 0.2) is 24.3 Å². The van der Waals surface area contributed by atoms with Crippen LogP contribution in [-0.4, -0.2) is 23.3 Å². The number of hydrogen-bond donors (Lipinski definition) is 2. The smallest absolute Gasteiger partial charge is 0.251 e. The predicted octanol–water partition coefficient (Wildman–Crippen LogP) is 1.73. The zero-order chi connectivity index (χ0) is 11.1. The van der Waals surface area contributed by atoms with Crippen LogP contribution in [0.1, 0.15) is 15.9 Å². The molecule has 1 amide bonds. The molecule has 0 saturated heterocycles. The summed E-state index contributed by atoms with van der Waals surface area (Å²) in [5, 5.41) is 11.0. The van der Waals surface area contributed by atoms with Crippen molar-refractivity contribution in [3.8, 4) is 0 Å². The molecule has 0 heterocycles. The van der Waals surface area contributed by atoms with Crippen LogP contribution in [0.4, 0.5) is 0 Å². The first-order valence-corrected chi connectivity index (χ1v) is 5.79. The van der Waals surface area contributed by atoms with Crippen molar-refractivity contribution in [3.63, 3.8) is 0 Å². The Morgan fingerprint density at radius 1 is 1.47 bits per heavy atom. The van der Waals surface area contributed by atoms with E-state index in [2.05, 4.69) is 10.2 Å². The fourth-order valence-electron chi connectivity index (χ4n) is 1.07. The van der Waals surface area contributed by atoms with E-state index in [4.69, 9.17) is 5.26 Å². The van der Waals surface area contributed by atoms with Crippen molar-refractivity contribution in [2.75, 3.05) is 12.1 Å². The van der Waals surface area contributed by atoms with Crippen LogP contribution in [0.3, 0.4) is 0 Å². The Bertz CT molecular complexity index is 313. The summed E-state index contributed by atoms with van der Waals surface area (Å²) >= 11 is 1.55. The lowest BCUT2D eigenvalue weighted by Crippen LogP contribution is -2.22. The van der Waals surface area contributed by atoms with Gasteiger partial charge in [0.05, 0.1) is 5.88 Å². The van der Waals surface area contributed by atoms with Gasteiger partial charge in [-0.1, -0.05) is 12.1 Å². The van der Waals surface area contributed by atoms with E-state index in [9.17, 15) is 4.79 Å². The van der Waals surface area contributed by atoms with Gasteiger partial charge in [0.25, 0.3) is 5.91 Å². The molecular formula is C10H13NO3S. The number of nitrogens with one attached hydrogen (secondary N) is 1. The lowest BCUT2D eigenvalue weighted by molar-refractivity contribution is -0.253. The number of rotatable bonds is 5. The van der Waals surface area contributed by atoms with Crippen molar-refractivity contribution < 1.29 is 14.9 Å². The molecule has 1 aromatic rings. The first-order chi connectivity index (χ1) is 7.27. The number of benzene rings is 1. The van der Waals surface area contributed by atoms with E-state index < -0.39 is 0 Å². The highest BCUT2D eigenvalue weighted by atomic mass is 32.2. The third-order valence-electron chi connectivity index (χ3n) is 1.82. The van der Waals surface area contributed by atoms with Gasteiger partial charge in [0.2, 0.25) is 0 Å². The van der Waals surface area contributed by atoms with Crippen LogP contribution < -0.4 is 5.32 Å². The highest BCUT2D eigenvalue weighted by Gasteiger charge is 2.03. The molecule has 0 aliphatic carbocycles. The second-order valence-electron chi connectivity index (χ2n) is 2.91. The van der Waals surface area contributed by atoms with Crippen LogP contribution in [0.5, 0.6) is 0 Å². The Labute approximate surface area is 92.6 Å². The number of thioether (sulfide) groups is 1. The number of carbonyl (C=O) groups excluding carboxylic acids is 1. The predicted molar refractivity (Wildman–Crippen MR) is 59.7 cm³/mol. The zero-order valence-electron chi connectivity index (χ0n) is 8.40. The van der Waals surface area contributed by atoms with E-state index in [0.717, 1.165) is 5.56 Å². The van der Waals surface area contributed by atoms with Gasteiger partial charge < -0.3 is 5.32 Å². The molecule has 1 aromatic carbocycles. The molecule has 0 bridgehead atoms. The van der Waals surface area contributed by atoms with Crippen molar-refractivity contribution in [1.82, 2.24) is 5.32 Å². The minimum Gasteiger partial charge on any atom is -0.343 e. The Kier molecular flexibility index (Phi) is 5.17. The number of hydrogen-bond acceptors (Lipinski definition) is 4. The Balaban J connectivity index is 2.58. The van der Waals surface area contributed by atoms with E-state index in [1.165, 1.54) is 0 Å². The van der Waals surface area contributed by atoms with Gasteiger partial charge in [-0.2, -0.15) is 0 Å². The normalized spacial score (nSPS) is 10.0. The summed E-state index contributed by atoms with van der Waals surface area (Å²) in [6.07, 6.45) is 1.92. The average Bonchev–Trinajstić information content (AvgIpc) is 2.27. The maximum atomic E-state index is 11.5. The van der Waals surface area contributed by atoms with Crippen LogP contribution in [0.2, 0.25) is 0 Å². The molecule has 0 spiro atoms. The minimum atomic E-state index is -0.0965. The lowest BCUT2D eigenvalue weighted by atomic mass is 10.1. The van der Waals surface area contributed by atoms with Crippen molar-refractivity contribution in [3.05, 3.63) is 35.4 Å². The summed E-state index contributed by atoms with van der Waals surface area (Å²) in [4.78, 5) is 15.5. The fourth-order valence-corrected chi connectivity index (χ4v) is 1.34. The van der Waals surface area contributed by atoms with Crippen molar-refractivity contribution >= 4 is 17.7 Å². The monoisotopic (exact) mass is 227 g/mol. The second kappa shape index (κ2) is 6.44. The highest BCUT2D eigenvalue weighted by Crippen LogP contribution is 2.05. The molecule has 1 rings (SSSR count). The second-order valence-corrected chi connectivity index (χ2v) is 3.78. The maximum Gasteiger partial charge on any atom is 0.251 e. The van der Waals surface area contributed by atoms with E-state index in [1.54, 1.807) is 36.0 Å². The van der Waals surface area contributed by atoms with Crippen molar-refractivity contribution in [1.29, 1.82) is 0 Å². The van der Waals surface area contributed by atoms with Gasteiger partial charge >= 0.3 is 0 Å². The quantitative estimate of drug-likeness (QED) is 0.457. The first-order valence-electron chi connectivity index (χ1n) is 4.40. The van der Waals surface area contributed by atoms with Gasteiger partial charge in [-0.15, -0.1) is 11.8 Å². The maximum absolute atomic E-state index is 11.5. The number of amides is 1. The number of carbonyl (C=O) groups is 1. The molecule has 5 heteroatoms. The Morgan fingerprint density at radius 3 is 2.67 bits per heavy atom. The topological polar surface area (TPSA) is 58.6 Å². The van der Waals surface area contributed by atoms with Gasteiger partial charge in [-0.25, -0.2) is 4.89 Å². The molecule has 0 aliphatic rings. The Morgan fingerprint density at radius 2 is 2.13 bits per heavy atom. The molecular weight excluding hydrogens is 214 g/mol. The van der Waals surface area contributed by atoms with Crippen molar-refractivity contribution in [2.24, 2.45) is 0 Å². The van der Waals surface area contributed by atoms with Crippen LogP contribution >= 0.6 is 11.8 Å². The van der Waals surface area contributed by atoms with Crippen LogP contribution in [-0.2, 0) is 11.5 Å². The third kappa shape index (κ3) is 3.91. The summed E-state index contributed by atoms with van der Waals surface area (Å²) in [5.41, 5.74) is 1.42. The van der Waals surface area contributed by atoms with Gasteiger partial charge in [-0.05, 0) is 24.0 Å². The molecule has 0 aliphatic heterocycles. The molecule has 4 nitrogen and oxygen atoms in total. The van der Waals surface area contributed by atoms with E-state index in [1.807, 2.05) is 6.26 Å². The third-order valence-corrected chi connectivity index (χ3v) is 2.26. The van der Waals surface area contributed by atoms with Gasteiger partial charge in [0.1, 0.15) is 6.61 Å². The largest absolute Gasteiger partial charge is 0.343 e. The first kappa shape index (κ1) is 12.0. The van der Waals surface area contributed by atoms with E-state index in [-0.39, 0.29) is 12.5 Å². The zero-order valence-corrected chi connectivity index (χ0v) is 9.21.